The lowest BCUT2D eigenvalue weighted by atomic mass is 10.1. The number of anilines is 1. The fraction of sp³-hybridized carbons (Fsp3) is 0.444. The molecule has 2 aromatic carbocycles. The van der Waals surface area contributed by atoms with E-state index in [-0.39, 0.29) is 36.5 Å². The average molecular weight is 522 g/mol. The number of halogens is 3. The average Bonchev–Trinajstić information content (AvgIpc) is 2.97. The van der Waals surface area contributed by atoms with Gasteiger partial charge in [0.05, 0.1) is 12.1 Å². The summed E-state index contributed by atoms with van der Waals surface area (Å²) >= 11 is 0. The summed E-state index contributed by atoms with van der Waals surface area (Å²) < 4.78 is 15.5. The number of aryl methyl sites for hydroxylation is 1. The Morgan fingerprint density at radius 1 is 0.914 bits per heavy atom. The molecule has 8 heteroatoms. The summed E-state index contributed by atoms with van der Waals surface area (Å²) in [6.07, 6.45) is 2.99. The fourth-order valence-electron chi connectivity index (χ4n) is 5.41. The summed E-state index contributed by atoms with van der Waals surface area (Å²) in [5, 5.41) is 1.33. The van der Waals surface area contributed by atoms with Crippen molar-refractivity contribution < 1.29 is 9.18 Å². The highest BCUT2D eigenvalue weighted by Gasteiger charge is 2.26. The molecule has 0 radical (unpaired) electrons. The van der Waals surface area contributed by atoms with Gasteiger partial charge in [-0.2, -0.15) is 0 Å². The van der Waals surface area contributed by atoms with E-state index in [1.165, 1.54) is 34.3 Å². The number of likely N-dealkylation sites (N-methyl/N-ethyl adjacent to an activating group) is 1. The molecule has 1 saturated heterocycles. The van der Waals surface area contributed by atoms with E-state index in [0.29, 0.717) is 13.1 Å². The van der Waals surface area contributed by atoms with Gasteiger partial charge in [0.25, 0.3) is 0 Å². The monoisotopic (exact) mass is 520 g/mol. The third-order valence-electron chi connectivity index (χ3n) is 7.45. The Hall–Kier alpha value is -2.12. The molecule has 2 aliphatic rings. The Bertz CT molecular complexity index is 1160. The van der Waals surface area contributed by atoms with Gasteiger partial charge in [-0.05, 0) is 54.8 Å². The van der Waals surface area contributed by atoms with E-state index in [9.17, 15) is 9.18 Å². The molecule has 0 N–H and O–H groups in total. The van der Waals surface area contributed by atoms with E-state index in [1.54, 1.807) is 0 Å². The summed E-state index contributed by atoms with van der Waals surface area (Å²) in [7, 11) is 2.17. The highest BCUT2D eigenvalue weighted by molar-refractivity contribution is 5.98. The first-order valence-electron chi connectivity index (χ1n) is 12.1. The minimum atomic E-state index is -0.211. The number of carbonyl (C=O) groups excluding carboxylic acids is 1. The number of amides is 1. The summed E-state index contributed by atoms with van der Waals surface area (Å²) in [6, 6.07) is 13.2. The van der Waals surface area contributed by atoms with Crippen LogP contribution in [0.2, 0.25) is 0 Å². The highest BCUT2D eigenvalue weighted by Crippen LogP contribution is 2.32. The van der Waals surface area contributed by atoms with Gasteiger partial charge in [0.1, 0.15) is 5.82 Å². The molecule has 0 saturated carbocycles. The van der Waals surface area contributed by atoms with Crippen LogP contribution in [0.5, 0.6) is 0 Å². The lowest BCUT2D eigenvalue weighted by Crippen LogP contribution is -2.50. The molecule has 3 aromatic rings. The number of benzene rings is 2. The van der Waals surface area contributed by atoms with Gasteiger partial charge in [-0.15, -0.1) is 24.8 Å². The van der Waals surface area contributed by atoms with Gasteiger partial charge in [-0.25, -0.2) is 4.39 Å². The van der Waals surface area contributed by atoms with Crippen molar-refractivity contribution in [1.82, 2.24) is 14.4 Å². The molecule has 2 aliphatic heterocycles. The predicted octanol–water partition coefficient (Wildman–Crippen LogP) is 4.47. The smallest absolute Gasteiger partial charge is 0.241 e. The molecule has 35 heavy (non-hydrogen) atoms. The van der Waals surface area contributed by atoms with Crippen molar-refractivity contribution in [1.29, 1.82) is 0 Å². The number of carbonyl (C=O) groups is 1. The molecule has 5 nitrogen and oxygen atoms in total. The quantitative estimate of drug-likeness (QED) is 0.497. The number of hydrogen-bond donors (Lipinski definition) is 0. The van der Waals surface area contributed by atoms with E-state index >= 15 is 0 Å². The van der Waals surface area contributed by atoms with Gasteiger partial charge < -0.3 is 14.4 Å². The zero-order valence-electron chi connectivity index (χ0n) is 20.5. The summed E-state index contributed by atoms with van der Waals surface area (Å²) in [5.74, 6) is -0.0638. The maximum atomic E-state index is 13.1. The van der Waals surface area contributed by atoms with Crippen molar-refractivity contribution in [2.24, 2.45) is 7.05 Å². The first-order chi connectivity index (χ1) is 16.0. The number of fused-ring (bicyclic) bond motifs is 3. The molecule has 1 fully saturated rings. The van der Waals surface area contributed by atoms with Crippen LogP contribution in [0.25, 0.3) is 10.9 Å². The Labute approximate surface area is 219 Å². The van der Waals surface area contributed by atoms with Gasteiger partial charge >= 0.3 is 0 Å². The summed E-state index contributed by atoms with van der Waals surface area (Å²) in [4.78, 5) is 19.7. The number of aromatic nitrogens is 1. The minimum absolute atomic E-state index is 0. The third kappa shape index (κ3) is 5.67. The second kappa shape index (κ2) is 11.7. The van der Waals surface area contributed by atoms with Gasteiger partial charge in [-0.3, -0.25) is 9.69 Å². The third-order valence-corrected chi connectivity index (χ3v) is 7.45. The van der Waals surface area contributed by atoms with Crippen molar-refractivity contribution in [3.8, 4) is 0 Å². The van der Waals surface area contributed by atoms with Crippen LogP contribution in [-0.4, -0.2) is 66.1 Å². The topological polar surface area (TPSA) is 31.7 Å². The minimum Gasteiger partial charge on any atom is -0.347 e. The molecule has 1 aromatic heterocycles. The van der Waals surface area contributed by atoms with Crippen molar-refractivity contribution >= 4 is 47.3 Å². The Morgan fingerprint density at radius 2 is 1.66 bits per heavy atom. The van der Waals surface area contributed by atoms with E-state index in [4.69, 9.17) is 0 Å². The van der Waals surface area contributed by atoms with Crippen molar-refractivity contribution in [3.05, 3.63) is 65.1 Å². The van der Waals surface area contributed by atoms with Crippen LogP contribution in [-0.2, 0) is 31.1 Å². The molecule has 3 heterocycles. The number of hydrogen-bond acceptors (Lipinski definition) is 3. The molecule has 0 bridgehead atoms. The lowest BCUT2D eigenvalue weighted by molar-refractivity contribution is -0.121. The largest absolute Gasteiger partial charge is 0.347 e. The zero-order chi connectivity index (χ0) is 22.9. The molecular formula is C27H35Cl2FN4O. The van der Waals surface area contributed by atoms with Gasteiger partial charge in [-0.1, -0.05) is 25.1 Å². The molecule has 0 aliphatic carbocycles. The van der Waals surface area contributed by atoms with Crippen LogP contribution < -0.4 is 4.90 Å². The molecule has 0 spiro atoms. The number of nitrogens with zero attached hydrogens (tertiary/aromatic N) is 4. The van der Waals surface area contributed by atoms with Crippen LogP contribution in [0.3, 0.4) is 0 Å². The Balaban J connectivity index is 0.00000171. The van der Waals surface area contributed by atoms with Crippen molar-refractivity contribution in [2.75, 3.05) is 50.7 Å². The number of piperazine rings is 1. The first-order valence-corrected chi connectivity index (χ1v) is 12.1. The predicted molar refractivity (Wildman–Crippen MR) is 146 cm³/mol. The summed E-state index contributed by atoms with van der Waals surface area (Å²) in [5.41, 5.74) is 6.25. The van der Waals surface area contributed by atoms with E-state index in [1.807, 2.05) is 17.0 Å². The molecule has 0 atom stereocenters. The standard InChI is InChI=1S/C27H33FN4O.2ClH/c1-3-30-14-11-24-23-9-8-22(18-26(23)29(2)25(24)12-15-30)32-17-16-31(19-27(32)33)13-10-20-4-6-21(28)7-5-20;;/h4-9,18H,3,10-17,19H2,1-2H3;2*1H. The van der Waals surface area contributed by atoms with E-state index in [0.717, 1.165) is 63.2 Å². The molecule has 190 valence electrons. The van der Waals surface area contributed by atoms with Crippen molar-refractivity contribution in [2.45, 2.75) is 26.2 Å². The highest BCUT2D eigenvalue weighted by atomic mass is 35.5. The summed E-state index contributed by atoms with van der Waals surface area (Å²) in [6.45, 7) is 8.35. The lowest BCUT2D eigenvalue weighted by Gasteiger charge is -2.34. The maximum absolute atomic E-state index is 13.1. The van der Waals surface area contributed by atoms with E-state index in [2.05, 4.69) is 46.5 Å². The van der Waals surface area contributed by atoms with Crippen molar-refractivity contribution in [3.63, 3.8) is 0 Å². The van der Waals surface area contributed by atoms with Crippen LogP contribution in [0, 0.1) is 5.82 Å². The van der Waals surface area contributed by atoms with Gasteiger partial charge in [0.2, 0.25) is 5.91 Å². The second-order valence-electron chi connectivity index (χ2n) is 9.32. The first kappa shape index (κ1) is 27.5. The van der Waals surface area contributed by atoms with Crippen LogP contribution in [0.15, 0.2) is 42.5 Å². The molecule has 0 unspecified atom stereocenters. The maximum Gasteiger partial charge on any atom is 0.241 e. The fourth-order valence-corrected chi connectivity index (χ4v) is 5.41. The second-order valence-corrected chi connectivity index (χ2v) is 9.32. The van der Waals surface area contributed by atoms with Gasteiger partial charge in [0.15, 0.2) is 0 Å². The van der Waals surface area contributed by atoms with Crippen LogP contribution in [0.1, 0.15) is 23.7 Å². The molecule has 5 rings (SSSR count). The van der Waals surface area contributed by atoms with E-state index < -0.39 is 0 Å². The molecule has 1 amide bonds. The van der Waals surface area contributed by atoms with Crippen LogP contribution in [0.4, 0.5) is 10.1 Å². The SMILES string of the molecule is CCN1CCc2c(n(C)c3cc(N4CCN(CCc5ccc(F)cc5)CC4=O)ccc23)CC1.Cl.Cl. The molecular weight excluding hydrogens is 486 g/mol. The Morgan fingerprint density at radius 3 is 2.37 bits per heavy atom. The Kier molecular flexibility index (Phi) is 9.22. The van der Waals surface area contributed by atoms with Crippen LogP contribution >= 0.6 is 24.8 Å². The van der Waals surface area contributed by atoms with Gasteiger partial charge in [0, 0.05) is 63.0 Å². The number of rotatable bonds is 5. The zero-order valence-corrected chi connectivity index (χ0v) is 22.1. The normalized spacial score (nSPS) is 17.0.